The van der Waals surface area contributed by atoms with Crippen LogP contribution in [0.15, 0.2) is 18.2 Å². The number of ether oxygens (including phenoxy) is 1. The fourth-order valence-electron chi connectivity index (χ4n) is 2.27. The van der Waals surface area contributed by atoms with Crippen molar-refractivity contribution in [3.05, 3.63) is 24.0 Å². The van der Waals surface area contributed by atoms with Crippen molar-refractivity contribution in [3.63, 3.8) is 0 Å². The molecule has 0 spiro atoms. The first-order valence-electron chi connectivity index (χ1n) is 6.93. The zero-order valence-corrected chi connectivity index (χ0v) is 12.0. The Morgan fingerprint density at radius 2 is 2.33 bits per heavy atom. The Balaban J connectivity index is 2.32. The van der Waals surface area contributed by atoms with Crippen molar-refractivity contribution >= 4 is 17.0 Å². The summed E-state index contributed by atoms with van der Waals surface area (Å²) in [7, 11) is 0. The molecule has 0 aliphatic rings. The molecule has 0 fully saturated rings. The number of nitrogens with zero attached hydrogens (tertiary/aromatic N) is 2. The van der Waals surface area contributed by atoms with Crippen molar-refractivity contribution in [1.29, 1.82) is 0 Å². The van der Waals surface area contributed by atoms with Gasteiger partial charge in [0.2, 0.25) is 0 Å². The molecule has 0 radical (unpaired) electrons. The average molecular weight is 286 g/mol. The SMILES string of the molecule is C#CCn1c(CCCC(=O)O)nc2cc(OCC)ccc21. The highest BCUT2D eigenvalue weighted by atomic mass is 16.5. The average Bonchev–Trinajstić information content (AvgIpc) is 2.77. The van der Waals surface area contributed by atoms with E-state index in [0.717, 1.165) is 22.6 Å². The number of aliphatic carboxylic acids is 1. The molecule has 5 nitrogen and oxygen atoms in total. The molecule has 21 heavy (non-hydrogen) atoms. The molecule has 0 atom stereocenters. The van der Waals surface area contributed by atoms with Gasteiger partial charge >= 0.3 is 5.97 Å². The summed E-state index contributed by atoms with van der Waals surface area (Å²) in [5, 5.41) is 8.72. The van der Waals surface area contributed by atoms with Crippen molar-refractivity contribution in [1.82, 2.24) is 9.55 Å². The van der Waals surface area contributed by atoms with Gasteiger partial charge in [0, 0.05) is 18.9 Å². The lowest BCUT2D eigenvalue weighted by atomic mass is 10.2. The number of carboxylic acid groups (broad SMARTS) is 1. The summed E-state index contributed by atoms with van der Waals surface area (Å²) in [5.74, 6) is 3.41. The minimum Gasteiger partial charge on any atom is -0.494 e. The van der Waals surface area contributed by atoms with Gasteiger partial charge in [-0.3, -0.25) is 4.79 Å². The third-order valence-corrected chi connectivity index (χ3v) is 3.15. The zero-order valence-electron chi connectivity index (χ0n) is 12.0. The second kappa shape index (κ2) is 6.80. The summed E-state index contributed by atoms with van der Waals surface area (Å²) >= 11 is 0. The molecule has 0 bridgehead atoms. The monoisotopic (exact) mass is 286 g/mol. The minimum atomic E-state index is -0.798. The van der Waals surface area contributed by atoms with E-state index in [0.29, 0.717) is 26.0 Å². The van der Waals surface area contributed by atoms with E-state index in [4.69, 9.17) is 16.3 Å². The van der Waals surface area contributed by atoms with Gasteiger partial charge in [-0.1, -0.05) is 5.92 Å². The van der Waals surface area contributed by atoms with Crippen LogP contribution in [0.25, 0.3) is 11.0 Å². The van der Waals surface area contributed by atoms with E-state index in [1.54, 1.807) is 0 Å². The molecule has 0 amide bonds. The van der Waals surface area contributed by atoms with Crippen LogP contribution in [0, 0.1) is 12.3 Å². The molecule has 5 heteroatoms. The lowest BCUT2D eigenvalue weighted by Crippen LogP contribution is -2.04. The summed E-state index contributed by atoms with van der Waals surface area (Å²) in [5.41, 5.74) is 1.77. The second-order valence-corrected chi connectivity index (χ2v) is 4.65. The fourth-order valence-corrected chi connectivity index (χ4v) is 2.27. The number of benzene rings is 1. The summed E-state index contributed by atoms with van der Waals surface area (Å²) in [6.07, 6.45) is 6.68. The van der Waals surface area contributed by atoms with Crippen molar-refractivity contribution in [2.24, 2.45) is 0 Å². The van der Waals surface area contributed by atoms with Crippen molar-refractivity contribution in [2.75, 3.05) is 6.61 Å². The van der Waals surface area contributed by atoms with Crippen LogP contribution >= 0.6 is 0 Å². The number of imidazole rings is 1. The second-order valence-electron chi connectivity index (χ2n) is 4.65. The van der Waals surface area contributed by atoms with E-state index in [9.17, 15) is 4.79 Å². The molecule has 2 rings (SSSR count). The highest BCUT2D eigenvalue weighted by Crippen LogP contribution is 2.23. The quantitative estimate of drug-likeness (QED) is 0.794. The van der Waals surface area contributed by atoms with E-state index in [-0.39, 0.29) is 6.42 Å². The fraction of sp³-hybridized carbons (Fsp3) is 0.375. The van der Waals surface area contributed by atoms with E-state index in [1.165, 1.54) is 0 Å². The van der Waals surface area contributed by atoms with Gasteiger partial charge in [-0.25, -0.2) is 4.98 Å². The summed E-state index contributed by atoms with van der Waals surface area (Å²) < 4.78 is 7.42. The van der Waals surface area contributed by atoms with Gasteiger partial charge in [0.15, 0.2) is 0 Å². The molecule has 1 aromatic carbocycles. The first kappa shape index (κ1) is 14.9. The molecule has 2 aromatic rings. The molecule has 110 valence electrons. The highest BCUT2D eigenvalue weighted by molar-refractivity contribution is 5.78. The van der Waals surface area contributed by atoms with Crippen LogP contribution in [0.4, 0.5) is 0 Å². The largest absolute Gasteiger partial charge is 0.494 e. The number of rotatable bonds is 7. The van der Waals surface area contributed by atoms with Crippen LogP contribution in [0.1, 0.15) is 25.6 Å². The third kappa shape index (κ3) is 3.54. The molecule has 0 aliphatic carbocycles. The van der Waals surface area contributed by atoms with Crippen molar-refractivity contribution in [3.8, 4) is 18.1 Å². The number of aryl methyl sites for hydroxylation is 1. The smallest absolute Gasteiger partial charge is 0.303 e. The van der Waals surface area contributed by atoms with Crippen LogP contribution in [0.2, 0.25) is 0 Å². The number of carboxylic acids is 1. The van der Waals surface area contributed by atoms with E-state index < -0.39 is 5.97 Å². The molecule has 1 N–H and O–H groups in total. The van der Waals surface area contributed by atoms with Crippen LogP contribution in [0.3, 0.4) is 0 Å². The molecule has 0 aliphatic heterocycles. The summed E-state index contributed by atoms with van der Waals surface area (Å²) in [6, 6.07) is 5.71. The standard InChI is InChI=1S/C16H18N2O3/c1-3-10-18-14-9-8-12(21-4-2)11-13(14)17-15(18)6-5-7-16(19)20/h1,8-9,11H,4-7,10H2,2H3,(H,19,20). The molecule has 1 aromatic heterocycles. The van der Waals surface area contributed by atoms with Crippen LogP contribution in [0.5, 0.6) is 5.75 Å². The molecule has 1 heterocycles. The lowest BCUT2D eigenvalue weighted by Gasteiger charge is -2.05. The van der Waals surface area contributed by atoms with Crippen molar-refractivity contribution in [2.45, 2.75) is 32.7 Å². The molecule has 0 unspecified atom stereocenters. The number of hydrogen-bond donors (Lipinski definition) is 1. The minimum absolute atomic E-state index is 0.128. The van der Waals surface area contributed by atoms with E-state index in [1.807, 2.05) is 29.7 Å². The van der Waals surface area contributed by atoms with E-state index >= 15 is 0 Å². The van der Waals surface area contributed by atoms with Gasteiger partial charge in [-0.15, -0.1) is 6.42 Å². The van der Waals surface area contributed by atoms with Crippen LogP contribution in [-0.2, 0) is 17.8 Å². The Morgan fingerprint density at radius 3 is 3.00 bits per heavy atom. The predicted octanol–water partition coefficient (Wildman–Crippen LogP) is 2.48. The van der Waals surface area contributed by atoms with Crippen LogP contribution < -0.4 is 4.74 Å². The van der Waals surface area contributed by atoms with Crippen molar-refractivity contribution < 1.29 is 14.6 Å². The Bertz CT molecular complexity index is 683. The van der Waals surface area contributed by atoms with Gasteiger partial charge in [-0.05, 0) is 25.5 Å². The molecular formula is C16H18N2O3. The van der Waals surface area contributed by atoms with Gasteiger partial charge < -0.3 is 14.4 Å². The normalized spacial score (nSPS) is 10.5. The number of fused-ring (bicyclic) bond motifs is 1. The Kier molecular flexibility index (Phi) is 4.83. The summed E-state index contributed by atoms with van der Waals surface area (Å²) in [6.45, 7) is 2.95. The van der Waals surface area contributed by atoms with Gasteiger partial charge in [0.05, 0.1) is 24.2 Å². The highest BCUT2D eigenvalue weighted by Gasteiger charge is 2.11. The number of terminal acetylenes is 1. The lowest BCUT2D eigenvalue weighted by molar-refractivity contribution is -0.137. The number of aromatic nitrogens is 2. The zero-order chi connectivity index (χ0) is 15.2. The van der Waals surface area contributed by atoms with Gasteiger partial charge in [0.1, 0.15) is 11.6 Å². The van der Waals surface area contributed by atoms with E-state index in [2.05, 4.69) is 10.9 Å². The Hall–Kier alpha value is -2.48. The van der Waals surface area contributed by atoms with Gasteiger partial charge in [-0.2, -0.15) is 0 Å². The summed E-state index contributed by atoms with van der Waals surface area (Å²) in [4.78, 5) is 15.2. The Labute approximate surface area is 123 Å². The van der Waals surface area contributed by atoms with Gasteiger partial charge in [0.25, 0.3) is 0 Å². The topological polar surface area (TPSA) is 64.4 Å². The molecule has 0 saturated carbocycles. The number of carbonyl (C=O) groups is 1. The molecule has 0 saturated heterocycles. The first-order chi connectivity index (χ1) is 10.2. The maximum Gasteiger partial charge on any atom is 0.303 e. The number of hydrogen-bond acceptors (Lipinski definition) is 3. The predicted molar refractivity (Wildman–Crippen MR) is 80.3 cm³/mol. The first-order valence-corrected chi connectivity index (χ1v) is 6.93. The third-order valence-electron chi connectivity index (χ3n) is 3.15. The van der Waals surface area contributed by atoms with Crippen LogP contribution in [-0.4, -0.2) is 27.2 Å². The molecular weight excluding hydrogens is 268 g/mol. The maximum atomic E-state index is 10.6. The maximum absolute atomic E-state index is 10.6. The Morgan fingerprint density at radius 1 is 1.52 bits per heavy atom.